The van der Waals surface area contributed by atoms with Gasteiger partial charge < -0.3 is 50.6 Å². The first-order valence-electron chi connectivity index (χ1n) is 23.1. The van der Waals surface area contributed by atoms with Crippen molar-refractivity contribution < 1.29 is 43.7 Å². The van der Waals surface area contributed by atoms with E-state index < -0.39 is 60.0 Å². The molecule has 0 aliphatic carbocycles. The van der Waals surface area contributed by atoms with Crippen molar-refractivity contribution in [2.24, 2.45) is 0 Å². The molecule has 2 aliphatic rings. The fourth-order valence-corrected chi connectivity index (χ4v) is 9.38. The molecule has 0 radical (unpaired) electrons. The Morgan fingerprint density at radius 3 is 1.59 bits per heavy atom. The summed E-state index contributed by atoms with van der Waals surface area (Å²) < 4.78 is 8.21. The molecule has 0 saturated carbocycles. The van der Waals surface area contributed by atoms with E-state index in [2.05, 4.69) is 32.8 Å². The van der Waals surface area contributed by atoms with E-state index in [9.17, 15) is 39.0 Å². The Bertz CT molecular complexity index is 2660. The maximum atomic E-state index is 14.1. The number of likely N-dealkylation sites (tertiary alicyclic amines) is 2. The summed E-state index contributed by atoms with van der Waals surface area (Å²) in [5.74, 6) is -1.07. The van der Waals surface area contributed by atoms with Crippen LogP contribution in [0.2, 0.25) is 0 Å². The molecule has 16 heteroatoms. The van der Waals surface area contributed by atoms with Gasteiger partial charge in [0.25, 0.3) is 11.8 Å². The van der Waals surface area contributed by atoms with Crippen LogP contribution in [-0.2, 0) is 25.7 Å². The van der Waals surface area contributed by atoms with Gasteiger partial charge in [0.15, 0.2) is 0 Å². The number of carbonyl (C=O) groups excluding carboxylic acids is 4. The average molecular weight is 922 g/mol. The van der Waals surface area contributed by atoms with Crippen molar-refractivity contribution in [3.05, 3.63) is 138 Å². The minimum absolute atomic E-state index is 0.292. The van der Waals surface area contributed by atoms with E-state index in [1.54, 1.807) is 72.8 Å². The van der Waals surface area contributed by atoms with Crippen molar-refractivity contribution in [3.63, 3.8) is 0 Å². The molecule has 6 aromatic rings. The Morgan fingerprint density at radius 1 is 0.618 bits per heavy atom. The fraction of sp³-hybridized carbons (Fsp3) is 0.308. The molecule has 6 N–H and O–H groups in total. The van der Waals surface area contributed by atoms with Crippen LogP contribution in [0.1, 0.15) is 80.6 Å². The summed E-state index contributed by atoms with van der Waals surface area (Å²) in [6.07, 6.45) is 2.31. The van der Waals surface area contributed by atoms with Crippen LogP contribution < -0.4 is 26.0 Å². The number of carbonyl (C=O) groups is 6. The fourth-order valence-electron chi connectivity index (χ4n) is 9.38. The summed E-state index contributed by atoms with van der Waals surface area (Å²) >= 11 is 0. The van der Waals surface area contributed by atoms with Crippen molar-refractivity contribution in [2.75, 3.05) is 30.3 Å². The molecule has 352 valence electrons. The highest BCUT2D eigenvalue weighted by molar-refractivity contribution is 6.11. The molecule has 68 heavy (non-hydrogen) atoms. The van der Waals surface area contributed by atoms with Gasteiger partial charge in [-0.15, -0.1) is 0 Å². The van der Waals surface area contributed by atoms with Gasteiger partial charge in [-0.2, -0.15) is 0 Å². The quantitative estimate of drug-likeness (QED) is 0.0485. The Labute approximate surface area is 393 Å². The predicted molar refractivity (Wildman–Crippen MR) is 257 cm³/mol. The highest BCUT2D eigenvalue weighted by Crippen LogP contribution is 2.35. The first kappa shape index (κ1) is 46.6. The standard InChI is InChI=1S/C52H55N7O9/c1-2-3-10-28-68-38-19-11-14-33(29-38)32-59-43-30-36(53-47(60)41-20-12-26-57(41)49(62)45(55-51(64)65)34-15-6-4-7-16-34)22-24-39(43)40-25-23-37(31-44(40)59)54-48(61)42-21-13-27-58(42)50(63)46(56-52(66)67)35-17-8-5-9-18-35/h4-9,11,14-19,22-25,29-31,41-42,45-46,55-56H,2-3,10,12-13,20-21,26-28,32H2,1H3,(H,53,60)(H,54,61)(H,64,65)(H,66,67)/t41-,42-,45?,46?/m0/s1. The van der Waals surface area contributed by atoms with Gasteiger partial charge in [-0.3, -0.25) is 19.2 Å². The normalized spacial score (nSPS) is 16.5. The number of ether oxygens (including phenoxy) is 1. The summed E-state index contributed by atoms with van der Waals surface area (Å²) in [6, 6.07) is 32.2. The van der Waals surface area contributed by atoms with Crippen molar-refractivity contribution in [3.8, 4) is 5.75 Å². The molecule has 2 aliphatic heterocycles. The van der Waals surface area contributed by atoms with Crippen LogP contribution in [0.15, 0.2) is 121 Å². The van der Waals surface area contributed by atoms with Gasteiger partial charge in [0.1, 0.15) is 29.9 Å². The van der Waals surface area contributed by atoms with Crippen LogP contribution >= 0.6 is 0 Å². The number of amides is 6. The Morgan fingerprint density at radius 2 is 1.12 bits per heavy atom. The van der Waals surface area contributed by atoms with Crippen LogP contribution in [-0.4, -0.2) is 92.2 Å². The molecular weight excluding hydrogens is 867 g/mol. The second kappa shape index (κ2) is 21.2. The highest BCUT2D eigenvalue weighted by Gasteiger charge is 2.40. The van der Waals surface area contributed by atoms with Crippen LogP contribution in [0.3, 0.4) is 0 Å². The second-order valence-corrected chi connectivity index (χ2v) is 17.2. The van der Waals surface area contributed by atoms with E-state index in [4.69, 9.17) is 4.74 Å². The minimum Gasteiger partial charge on any atom is -0.494 e. The number of anilines is 2. The molecular formula is C52H55N7O9. The van der Waals surface area contributed by atoms with E-state index in [0.29, 0.717) is 74.4 Å². The lowest BCUT2D eigenvalue weighted by Gasteiger charge is -2.28. The number of benzene rings is 5. The molecule has 2 saturated heterocycles. The Hall–Kier alpha value is -7.88. The minimum atomic E-state index is -1.35. The number of aromatic nitrogens is 1. The SMILES string of the molecule is CCCCCOc1cccc(Cn2c3cc(NC(=O)[C@@H]4CCCN4C(=O)C(NC(=O)O)c4ccccc4)ccc3c3ccc(NC(=O)[C@@H]4CCCN4C(=O)C(NC(=O)O)c4ccccc4)cc32)c1. The van der Waals surface area contributed by atoms with Crippen molar-refractivity contribution in [1.29, 1.82) is 0 Å². The number of rotatable bonds is 17. The topological polar surface area (TPSA) is 212 Å². The summed E-state index contributed by atoms with van der Waals surface area (Å²) in [6.45, 7) is 3.72. The summed E-state index contributed by atoms with van der Waals surface area (Å²) in [4.78, 5) is 82.5. The summed E-state index contributed by atoms with van der Waals surface area (Å²) in [7, 11) is 0. The Kier molecular flexibility index (Phi) is 14.5. The highest BCUT2D eigenvalue weighted by atomic mass is 16.5. The van der Waals surface area contributed by atoms with Gasteiger partial charge in [-0.25, -0.2) is 9.59 Å². The molecule has 0 spiro atoms. The van der Waals surface area contributed by atoms with Gasteiger partial charge in [-0.05, 0) is 85.2 Å². The van der Waals surface area contributed by atoms with Gasteiger partial charge in [-0.1, -0.05) is 105 Å². The number of hydrogen-bond donors (Lipinski definition) is 6. The number of hydrogen-bond acceptors (Lipinski definition) is 7. The maximum absolute atomic E-state index is 14.1. The van der Waals surface area contributed by atoms with Crippen LogP contribution in [0.4, 0.5) is 21.0 Å². The molecule has 2 fully saturated rings. The molecule has 6 amide bonds. The lowest BCUT2D eigenvalue weighted by Crippen LogP contribution is -2.48. The molecule has 5 aromatic carbocycles. The molecule has 1 aromatic heterocycles. The average Bonchev–Trinajstić information content (AvgIpc) is 4.11. The van der Waals surface area contributed by atoms with Gasteiger partial charge in [0.05, 0.1) is 17.6 Å². The van der Waals surface area contributed by atoms with E-state index in [-0.39, 0.29) is 0 Å². The summed E-state index contributed by atoms with van der Waals surface area (Å²) in [5.41, 5.74) is 4.45. The van der Waals surface area contributed by atoms with E-state index in [1.807, 2.05) is 48.5 Å². The molecule has 0 bridgehead atoms. The molecule has 4 atom stereocenters. The smallest absolute Gasteiger partial charge is 0.405 e. The first-order valence-corrected chi connectivity index (χ1v) is 23.1. The lowest BCUT2D eigenvalue weighted by molar-refractivity contribution is -0.138. The number of carboxylic acid groups (broad SMARTS) is 2. The molecule has 3 heterocycles. The second-order valence-electron chi connectivity index (χ2n) is 17.2. The van der Waals surface area contributed by atoms with E-state index in [0.717, 1.165) is 52.4 Å². The first-order chi connectivity index (χ1) is 33.0. The van der Waals surface area contributed by atoms with Crippen LogP contribution in [0.5, 0.6) is 5.75 Å². The third kappa shape index (κ3) is 10.5. The van der Waals surface area contributed by atoms with Gasteiger partial charge >= 0.3 is 12.2 Å². The third-order valence-corrected chi connectivity index (χ3v) is 12.6. The van der Waals surface area contributed by atoms with Gasteiger partial charge in [0, 0.05) is 41.8 Å². The number of nitrogens with zero attached hydrogens (tertiary/aromatic N) is 3. The monoisotopic (exact) mass is 921 g/mol. The zero-order chi connectivity index (χ0) is 47.7. The molecule has 16 nitrogen and oxygen atoms in total. The van der Waals surface area contributed by atoms with Crippen molar-refractivity contribution >= 4 is 69.0 Å². The third-order valence-electron chi connectivity index (χ3n) is 12.6. The largest absolute Gasteiger partial charge is 0.494 e. The van der Waals surface area contributed by atoms with Crippen LogP contribution in [0, 0.1) is 0 Å². The maximum Gasteiger partial charge on any atom is 0.405 e. The van der Waals surface area contributed by atoms with Crippen molar-refractivity contribution in [2.45, 2.75) is 82.6 Å². The summed E-state index contributed by atoms with van der Waals surface area (Å²) in [5, 5.41) is 31.7. The predicted octanol–water partition coefficient (Wildman–Crippen LogP) is 8.29. The van der Waals surface area contributed by atoms with E-state index >= 15 is 0 Å². The zero-order valence-corrected chi connectivity index (χ0v) is 37.7. The number of unbranched alkanes of at least 4 members (excludes halogenated alkanes) is 2. The number of nitrogens with one attached hydrogen (secondary N) is 4. The molecule has 2 unspecified atom stereocenters. The Balaban J connectivity index is 1.08. The molecule has 8 rings (SSSR count). The number of fused-ring (bicyclic) bond motifs is 3. The zero-order valence-electron chi connectivity index (χ0n) is 37.7. The van der Waals surface area contributed by atoms with E-state index in [1.165, 1.54) is 9.80 Å². The lowest BCUT2D eigenvalue weighted by atomic mass is 10.0. The van der Waals surface area contributed by atoms with Gasteiger partial charge in [0.2, 0.25) is 11.8 Å². The van der Waals surface area contributed by atoms with Crippen molar-refractivity contribution in [1.82, 2.24) is 25.0 Å². The van der Waals surface area contributed by atoms with Crippen LogP contribution in [0.25, 0.3) is 21.8 Å².